The van der Waals surface area contributed by atoms with Gasteiger partial charge in [-0.05, 0) is 61.4 Å². The highest BCUT2D eigenvalue weighted by molar-refractivity contribution is 7.09. The number of hydrogen-bond acceptors (Lipinski definition) is 3. The van der Waals surface area contributed by atoms with Crippen molar-refractivity contribution in [3.8, 4) is 0 Å². The lowest BCUT2D eigenvalue weighted by Gasteiger charge is -1.89. The first-order chi connectivity index (χ1) is 18.7. The molecule has 0 aliphatic heterocycles. The summed E-state index contributed by atoms with van der Waals surface area (Å²) in [6, 6.07) is 22.6. The zero-order valence-electron chi connectivity index (χ0n) is 26.7. The Morgan fingerprint density at radius 2 is 0.979 bits per heavy atom. The maximum absolute atomic E-state index is 4.10. The van der Waals surface area contributed by atoms with Crippen LogP contribution in [-0.4, -0.2) is 14.8 Å². The lowest BCUT2D eigenvalue weighted by molar-refractivity contribution is 0.660. The number of aryl methyl sites for hydroxylation is 4. The second-order valence-corrected chi connectivity index (χ2v) is 7.34. The van der Waals surface area contributed by atoms with E-state index in [-0.39, 0.29) is 74.3 Å². The first-order valence-corrected chi connectivity index (χ1v) is 15.5. The fraction of sp³-hybridized carbons (Fsp3) is 0.591. The van der Waals surface area contributed by atoms with E-state index in [4.69, 9.17) is 0 Å². The Labute approximate surface area is 315 Å². The molecule has 0 amide bonds. The molecule has 4 aromatic rings. The highest BCUT2D eigenvalue weighted by Gasteiger charge is 1.83. The van der Waals surface area contributed by atoms with Crippen LogP contribution in [0, 0.1) is 0 Å². The van der Waals surface area contributed by atoms with Crippen molar-refractivity contribution in [2.24, 2.45) is 0 Å². The molecule has 0 spiro atoms. The summed E-state index contributed by atoms with van der Waals surface area (Å²) in [6.45, 7) is 25.5. The van der Waals surface area contributed by atoms with Gasteiger partial charge in [0.1, 0.15) is 0 Å². The Bertz CT molecular complexity index is 756. The molecule has 0 saturated heterocycles. The Morgan fingerprint density at radius 1 is 0.500 bits per heavy atom. The van der Waals surface area contributed by atoms with Crippen LogP contribution in [0.15, 0.2) is 90.7 Å². The molecule has 4 rings (SSSR count). The molecule has 0 aliphatic carbocycles. The van der Waals surface area contributed by atoms with Crippen LogP contribution in [0.1, 0.15) is 173 Å². The third-order valence-corrected chi connectivity index (χ3v) is 5.17. The number of rotatable bonds is 4. The summed E-state index contributed by atoms with van der Waals surface area (Å²) in [4.78, 5) is 5.57. The normalized spacial score (nSPS) is 6.25. The maximum Gasteiger partial charge on any atom is 0.0489 e. The van der Waals surface area contributed by atoms with E-state index in [1.807, 2.05) is 114 Å². The van der Waals surface area contributed by atoms with Crippen LogP contribution in [0.5, 0.6) is 0 Å². The third-order valence-electron chi connectivity index (χ3n) is 4.15. The Morgan fingerprint density at radius 3 is 1.19 bits per heavy atom. The van der Waals surface area contributed by atoms with Gasteiger partial charge in [-0.2, -0.15) is 5.10 Å². The SMILES string of the molecule is C.C.C.C.C.C.C.C.C.C.CC.CC.CC.CC.CCc1ccccc1.CCc1ccccn1.CCc1cccs1.CCn1cccn1. The van der Waals surface area contributed by atoms with Crippen molar-refractivity contribution in [3.63, 3.8) is 0 Å². The largest absolute Gasteiger partial charge is 0.273 e. The summed E-state index contributed by atoms with van der Waals surface area (Å²) in [5.41, 5.74) is 2.57. The number of benzene rings is 1. The molecule has 296 valence electrons. The van der Waals surface area contributed by atoms with Gasteiger partial charge in [-0.1, -0.05) is 193 Å². The topological polar surface area (TPSA) is 30.7 Å². The van der Waals surface area contributed by atoms with Crippen molar-refractivity contribution in [1.29, 1.82) is 0 Å². The van der Waals surface area contributed by atoms with Gasteiger partial charge in [0.15, 0.2) is 0 Å². The smallest absolute Gasteiger partial charge is 0.0489 e. The van der Waals surface area contributed by atoms with Gasteiger partial charge in [-0.15, -0.1) is 11.3 Å². The molecule has 48 heavy (non-hydrogen) atoms. The predicted octanol–water partition coefficient (Wildman–Crippen LogP) is 17.6. The van der Waals surface area contributed by atoms with Crippen LogP contribution in [0.3, 0.4) is 0 Å². The van der Waals surface area contributed by atoms with Gasteiger partial charge in [0.25, 0.3) is 0 Å². The molecular weight excluding hydrogens is 603 g/mol. The molecule has 0 unspecified atom stereocenters. The fourth-order valence-electron chi connectivity index (χ4n) is 2.32. The van der Waals surface area contributed by atoms with Crippen LogP contribution in [0.2, 0.25) is 0 Å². The summed E-state index contributed by atoms with van der Waals surface area (Å²) in [6.07, 6.45) is 8.89. The van der Waals surface area contributed by atoms with E-state index < -0.39 is 0 Å². The minimum atomic E-state index is 0. The molecule has 3 nitrogen and oxygen atoms in total. The first-order valence-electron chi connectivity index (χ1n) is 14.7. The summed E-state index contributed by atoms with van der Waals surface area (Å²) >= 11 is 1.82. The van der Waals surface area contributed by atoms with E-state index in [1.54, 1.807) is 6.20 Å². The molecule has 1 aromatic carbocycles. The lowest BCUT2D eigenvalue weighted by Crippen LogP contribution is -1.91. The van der Waals surface area contributed by atoms with E-state index in [2.05, 4.69) is 79.6 Å². The lowest BCUT2D eigenvalue weighted by atomic mass is 10.2. The minimum absolute atomic E-state index is 0. The minimum Gasteiger partial charge on any atom is -0.273 e. The van der Waals surface area contributed by atoms with Crippen molar-refractivity contribution in [3.05, 3.63) is 107 Å². The average molecular weight is 702 g/mol. The van der Waals surface area contributed by atoms with Gasteiger partial charge in [0.05, 0.1) is 0 Å². The van der Waals surface area contributed by atoms with Crippen LogP contribution in [-0.2, 0) is 25.8 Å². The number of nitrogens with zero attached hydrogens (tertiary/aromatic N) is 3. The number of aromatic nitrogens is 3. The highest BCUT2D eigenvalue weighted by Crippen LogP contribution is 2.07. The van der Waals surface area contributed by atoms with Gasteiger partial charge in [-0.3, -0.25) is 9.67 Å². The third kappa shape index (κ3) is 62.2. The number of pyridine rings is 1. The van der Waals surface area contributed by atoms with Gasteiger partial charge >= 0.3 is 0 Å². The Kier molecular flexibility index (Phi) is 160. The monoisotopic (exact) mass is 702 g/mol. The number of thiophene rings is 1. The van der Waals surface area contributed by atoms with E-state index >= 15 is 0 Å². The fourth-order valence-corrected chi connectivity index (χ4v) is 2.98. The first kappa shape index (κ1) is 90.7. The van der Waals surface area contributed by atoms with Gasteiger partial charge in [-0.25, -0.2) is 0 Å². The van der Waals surface area contributed by atoms with E-state index in [1.165, 1.54) is 16.9 Å². The molecule has 0 N–H and O–H groups in total. The standard InChI is InChI=1S/C8H10.C7H9N.C6H8S.C5H8N2.4C2H6.10CH4/c1-2-8-6-4-3-5-7-8;1-2-7-5-3-4-6-8-7;1-2-6-4-3-5-7-6;1-2-7-5-3-4-6-7;4*1-2;;;;;;;;;;/h3-7H,2H2,1H3;3-6H,2H2,1H3;2*3-5H,2H2,1H3;4*1-2H3;10*1H4. The van der Waals surface area contributed by atoms with Gasteiger partial charge < -0.3 is 0 Å². The van der Waals surface area contributed by atoms with E-state index in [0.29, 0.717) is 0 Å². The highest BCUT2D eigenvalue weighted by atomic mass is 32.1. The predicted molar refractivity (Wildman–Crippen MR) is 244 cm³/mol. The average Bonchev–Trinajstić information content (AvgIpc) is 3.78. The molecule has 0 saturated carbocycles. The summed E-state index contributed by atoms with van der Waals surface area (Å²) < 4.78 is 1.88. The second kappa shape index (κ2) is 84.8. The van der Waals surface area contributed by atoms with E-state index in [0.717, 1.165) is 25.1 Å². The zero-order chi connectivity index (χ0) is 29.9. The summed E-state index contributed by atoms with van der Waals surface area (Å²) in [5.74, 6) is 0. The summed E-state index contributed by atoms with van der Waals surface area (Å²) in [7, 11) is 0. The van der Waals surface area contributed by atoms with E-state index in [9.17, 15) is 0 Å². The quantitative estimate of drug-likeness (QED) is 0.212. The van der Waals surface area contributed by atoms with Crippen LogP contribution in [0.4, 0.5) is 0 Å². The molecule has 4 heteroatoms. The van der Waals surface area contributed by atoms with Crippen LogP contribution >= 0.6 is 11.3 Å². The molecule has 3 aromatic heterocycles. The molecule has 0 atom stereocenters. The zero-order valence-corrected chi connectivity index (χ0v) is 27.6. The summed E-state index contributed by atoms with van der Waals surface area (Å²) in [5, 5.41) is 6.06. The Balaban J connectivity index is -0.0000000235. The van der Waals surface area contributed by atoms with Gasteiger partial charge in [0, 0.05) is 35.7 Å². The van der Waals surface area contributed by atoms with Crippen molar-refractivity contribution in [2.45, 2.75) is 183 Å². The molecular formula is C44H99N3S. The molecule has 3 heterocycles. The van der Waals surface area contributed by atoms with Gasteiger partial charge in [0.2, 0.25) is 0 Å². The van der Waals surface area contributed by atoms with Crippen molar-refractivity contribution in [2.75, 3.05) is 0 Å². The maximum atomic E-state index is 4.10. The van der Waals surface area contributed by atoms with Crippen LogP contribution < -0.4 is 0 Å². The van der Waals surface area contributed by atoms with Crippen molar-refractivity contribution in [1.82, 2.24) is 14.8 Å². The molecule has 0 aliphatic rings. The van der Waals surface area contributed by atoms with Crippen molar-refractivity contribution >= 4 is 11.3 Å². The Hall–Kier alpha value is -2.72. The second-order valence-electron chi connectivity index (χ2n) is 6.31. The van der Waals surface area contributed by atoms with Crippen molar-refractivity contribution < 1.29 is 0 Å². The molecule has 0 bridgehead atoms. The molecule has 0 fully saturated rings. The molecule has 0 radical (unpaired) electrons. The van der Waals surface area contributed by atoms with Crippen LogP contribution in [0.25, 0.3) is 0 Å². The number of hydrogen-bond donors (Lipinski definition) is 0.